The average Bonchev–Trinajstić information content (AvgIpc) is 3.39. The topological polar surface area (TPSA) is 0 Å². The predicted octanol–water partition coefficient (Wildman–Crippen LogP) is 8.35. The maximum atomic E-state index is 13.1. The molecule has 6 aromatic rings. The van der Waals surface area contributed by atoms with E-state index in [0.717, 1.165) is 12.8 Å². The zero-order valence-corrected chi connectivity index (χ0v) is 17.2. The van der Waals surface area contributed by atoms with Gasteiger partial charge in [0.1, 0.15) is 5.82 Å². The van der Waals surface area contributed by atoms with Crippen LogP contribution in [0.5, 0.6) is 0 Å². The van der Waals surface area contributed by atoms with E-state index >= 15 is 0 Å². The van der Waals surface area contributed by atoms with E-state index < -0.39 is 0 Å². The summed E-state index contributed by atoms with van der Waals surface area (Å²) < 4.78 is 15.8. The Bertz CT molecular complexity index is 1500. The van der Waals surface area contributed by atoms with Crippen LogP contribution in [-0.2, 0) is 12.8 Å². The van der Waals surface area contributed by atoms with Gasteiger partial charge in [-0.1, -0.05) is 24.3 Å². The highest BCUT2D eigenvalue weighted by Crippen LogP contribution is 2.37. The van der Waals surface area contributed by atoms with Crippen molar-refractivity contribution in [2.24, 2.45) is 0 Å². The molecular formula is C26H17FS2. The van der Waals surface area contributed by atoms with E-state index in [2.05, 4.69) is 53.9 Å². The van der Waals surface area contributed by atoms with E-state index in [9.17, 15) is 4.39 Å². The second kappa shape index (κ2) is 6.65. The number of rotatable bonds is 3. The highest BCUT2D eigenvalue weighted by Gasteiger charge is 2.09. The molecular weight excluding hydrogens is 395 g/mol. The summed E-state index contributed by atoms with van der Waals surface area (Å²) in [5, 5.41) is 10.1. The minimum atomic E-state index is -0.172. The molecule has 0 bridgehead atoms. The summed E-state index contributed by atoms with van der Waals surface area (Å²) >= 11 is 3.67. The Morgan fingerprint density at radius 2 is 1.34 bits per heavy atom. The van der Waals surface area contributed by atoms with Crippen LogP contribution < -0.4 is 0 Å². The Kier molecular flexibility index (Phi) is 3.93. The molecule has 0 nitrogen and oxygen atoms in total. The van der Waals surface area contributed by atoms with Crippen molar-refractivity contribution in [2.45, 2.75) is 12.8 Å². The molecule has 3 heteroatoms. The first-order chi connectivity index (χ1) is 14.2. The van der Waals surface area contributed by atoms with Gasteiger partial charge in [-0.2, -0.15) is 0 Å². The van der Waals surface area contributed by atoms with Crippen LogP contribution in [0.4, 0.5) is 4.39 Å². The third-order valence-corrected chi connectivity index (χ3v) is 7.75. The lowest BCUT2D eigenvalue weighted by Gasteiger charge is -2.05. The van der Waals surface area contributed by atoms with E-state index in [1.54, 1.807) is 23.5 Å². The fourth-order valence-corrected chi connectivity index (χ4v) is 6.09. The van der Waals surface area contributed by atoms with Gasteiger partial charge in [0.25, 0.3) is 0 Å². The average molecular weight is 413 g/mol. The number of hydrogen-bond acceptors (Lipinski definition) is 2. The molecule has 140 valence electrons. The zero-order valence-electron chi connectivity index (χ0n) is 15.6. The Morgan fingerprint density at radius 3 is 2.14 bits per heavy atom. The largest absolute Gasteiger partial charge is 0.207 e. The third-order valence-electron chi connectivity index (χ3n) is 5.71. The van der Waals surface area contributed by atoms with Crippen LogP contribution in [0.2, 0.25) is 0 Å². The summed E-state index contributed by atoms with van der Waals surface area (Å²) in [6, 6.07) is 25.1. The van der Waals surface area contributed by atoms with Crippen LogP contribution in [0.25, 0.3) is 41.7 Å². The van der Waals surface area contributed by atoms with Gasteiger partial charge in [-0.3, -0.25) is 0 Å². The van der Waals surface area contributed by atoms with Gasteiger partial charge in [0, 0.05) is 25.0 Å². The minimum Gasteiger partial charge on any atom is -0.207 e. The molecule has 2 aromatic heterocycles. The van der Waals surface area contributed by atoms with Gasteiger partial charge in [0.05, 0.1) is 0 Å². The van der Waals surface area contributed by atoms with Crippen molar-refractivity contribution in [1.82, 2.24) is 0 Å². The summed E-state index contributed by atoms with van der Waals surface area (Å²) in [5.74, 6) is -0.172. The van der Waals surface area contributed by atoms with Crippen LogP contribution in [0, 0.1) is 5.82 Å². The highest BCUT2D eigenvalue weighted by atomic mass is 32.1. The number of hydrogen-bond donors (Lipinski definition) is 0. The van der Waals surface area contributed by atoms with Crippen molar-refractivity contribution in [2.75, 3.05) is 0 Å². The Labute approximate surface area is 175 Å². The van der Waals surface area contributed by atoms with E-state index in [-0.39, 0.29) is 5.82 Å². The molecule has 0 fully saturated rings. The van der Waals surface area contributed by atoms with Crippen molar-refractivity contribution < 1.29 is 4.39 Å². The van der Waals surface area contributed by atoms with Crippen molar-refractivity contribution >= 4 is 64.4 Å². The van der Waals surface area contributed by atoms with E-state index in [1.165, 1.54) is 52.2 Å². The minimum absolute atomic E-state index is 0.172. The molecule has 0 saturated carbocycles. The van der Waals surface area contributed by atoms with Crippen molar-refractivity contribution in [3.05, 3.63) is 94.4 Å². The Morgan fingerprint density at radius 1 is 0.621 bits per heavy atom. The normalized spacial score (nSPS) is 11.9. The van der Waals surface area contributed by atoms with Gasteiger partial charge < -0.3 is 0 Å². The van der Waals surface area contributed by atoms with Crippen LogP contribution >= 0.6 is 22.7 Å². The lowest BCUT2D eigenvalue weighted by molar-refractivity contribution is 0.627. The molecule has 0 unspecified atom stereocenters. The number of thiophene rings is 2. The Hall–Kier alpha value is -2.75. The second-order valence-corrected chi connectivity index (χ2v) is 9.63. The third kappa shape index (κ3) is 2.93. The van der Waals surface area contributed by atoms with E-state index in [1.807, 2.05) is 23.5 Å². The summed E-state index contributed by atoms with van der Waals surface area (Å²) in [4.78, 5) is 1.38. The maximum absolute atomic E-state index is 13.1. The SMILES string of the molecule is Fc1ccc(CCc2cc3c(ccc4cc5c(ccc6sccc65)cc43)s2)cc1. The number of fused-ring (bicyclic) bond motifs is 6. The van der Waals surface area contributed by atoms with Gasteiger partial charge in [-0.05, 0) is 93.9 Å². The summed E-state index contributed by atoms with van der Waals surface area (Å²) in [6.07, 6.45) is 1.92. The molecule has 4 aromatic carbocycles. The summed E-state index contributed by atoms with van der Waals surface area (Å²) in [7, 11) is 0. The van der Waals surface area contributed by atoms with Gasteiger partial charge >= 0.3 is 0 Å². The molecule has 0 atom stereocenters. The fourth-order valence-electron chi connectivity index (χ4n) is 4.21. The quantitative estimate of drug-likeness (QED) is 0.256. The molecule has 6 rings (SSSR count). The lowest BCUT2D eigenvalue weighted by Crippen LogP contribution is -1.88. The molecule has 29 heavy (non-hydrogen) atoms. The zero-order chi connectivity index (χ0) is 19.4. The van der Waals surface area contributed by atoms with Gasteiger partial charge in [-0.15, -0.1) is 22.7 Å². The second-order valence-electron chi connectivity index (χ2n) is 7.51. The molecule has 0 aliphatic heterocycles. The monoisotopic (exact) mass is 412 g/mol. The molecule has 0 amide bonds. The van der Waals surface area contributed by atoms with E-state index in [4.69, 9.17) is 0 Å². The maximum Gasteiger partial charge on any atom is 0.123 e. The molecule has 2 heterocycles. The number of benzene rings is 4. The van der Waals surface area contributed by atoms with Crippen LogP contribution in [0.3, 0.4) is 0 Å². The number of halogens is 1. The summed E-state index contributed by atoms with van der Waals surface area (Å²) in [6.45, 7) is 0. The molecule has 0 saturated heterocycles. The molecule has 0 aliphatic rings. The van der Waals surface area contributed by atoms with Gasteiger partial charge in [0.2, 0.25) is 0 Å². The first kappa shape index (κ1) is 17.1. The van der Waals surface area contributed by atoms with Crippen LogP contribution in [-0.4, -0.2) is 0 Å². The Balaban J connectivity index is 1.44. The first-order valence-electron chi connectivity index (χ1n) is 9.74. The molecule has 0 aliphatic carbocycles. The van der Waals surface area contributed by atoms with Crippen LogP contribution in [0.15, 0.2) is 78.2 Å². The van der Waals surface area contributed by atoms with E-state index in [0.29, 0.717) is 0 Å². The van der Waals surface area contributed by atoms with Crippen molar-refractivity contribution in [3.63, 3.8) is 0 Å². The van der Waals surface area contributed by atoms with Crippen LogP contribution in [0.1, 0.15) is 10.4 Å². The number of aryl methyl sites for hydroxylation is 2. The lowest BCUT2D eigenvalue weighted by atomic mass is 9.99. The molecule has 0 spiro atoms. The molecule has 0 radical (unpaired) electrons. The smallest absolute Gasteiger partial charge is 0.123 e. The predicted molar refractivity (Wildman–Crippen MR) is 126 cm³/mol. The highest BCUT2D eigenvalue weighted by molar-refractivity contribution is 7.19. The standard InChI is InChI=1S/C26H17FS2/c27-19-6-1-16(2-7-19)3-8-20-15-24-23-14-17-4-9-25-21(11-12-28-25)22(17)13-18(23)5-10-26(24)29-20/h1-2,4-7,9-15H,3,8H2. The van der Waals surface area contributed by atoms with Crippen molar-refractivity contribution in [3.8, 4) is 0 Å². The van der Waals surface area contributed by atoms with Gasteiger partial charge in [-0.25, -0.2) is 4.39 Å². The summed E-state index contributed by atoms with van der Waals surface area (Å²) in [5.41, 5.74) is 1.18. The van der Waals surface area contributed by atoms with Gasteiger partial charge in [0.15, 0.2) is 0 Å². The molecule has 0 N–H and O–H groups in total. The fraction of sp³-hybridized carbons (Fsp3) is 0.0769. The first-order valence-corrected chi connectivity index (χ1v) is 11.4. The van der Waals surface area contributed by atoms with Crippen molar-refractivity contribution in [1.29, 1.82) is 0 Å².